The smallest absolute Gasteiger partial charge is 0.439 e. The molecule has 12 heteroatoms. The number of esters is 1. The van der Waals surface area contributed by atoms with E-state index >= 15 is 0 Å². The van der Waals surface area contributed by atoms with Crippen molar-refractivity contribution >= 4 is 32.1 Å². The molecule has 11 nitrogen and oxygen atoms in total. The van der Waals surface area contributed by atoms with Crippen molar-refractivity contribution in [3.05, 3.63) is 68.4 Å². The van der Waals surface area contributed by atoms with Crippen LogP contribution in [-0.4, -0.2) is 46.4 Å². The third kappa shape index (κ3) is 7.07. The number of nitrogens with zero attached hydrogens (tertiary/aromatic N) is 4. The summed E-state index contributed by atoms with van der Waals surface area (Å²) in [5.74, 6) is -2.02. The molecule has 1 heterocycles. The van der Waals surface area contributed by atoms with Crippen molar-refractivity contribution in [1.82, 2.24) is 9.55 Å². The van der Waals surface area contributed by atoms with Crippen molar-refractivity contribution < 1.29 is 23.8 Å². The van der Waals surface area contributed by atoms with Crippen LogP contribution in [0.15, 0.2) is 42.6 Å². The molecular formula is C24H34N4O7Si. The van der Waals surface area contributed by atoms with E-state index in [1.807, 2.05) is 30.3 Å². The number of rotatable bonds is 13. The zero-order valence-corrected chi connectivity index (χ0v) is 22.5. The summed E-state index contributed by atoms with van der Waals surface area (Å²) in [6.45, 7) is 12.4. The van der Waals surface area contributed by atoms with Crippen LogP contribution in [-0.2, 0) is 20.5 Å². The first-order valence-electron chi connectivity index (χ1n) is 11.8. The van der Waals surface area contributed by atoms with Gasteiger partial charge in [0.2, 0.25) is 8.32 Å². The predicted octanol–water partition coefficient (Wildman–Crippen LogP) is 5.52. The Morgan fingerprint density at radius 1 is 1.03 bits per heavy atom. The maximum absolute atomic E-state index is 12.7. The molecule has 36 heavy (non-hydrogen) atoms. The number of benzene rings is 1. The van der Waals surface area contributed by atoms with E-state index in [1.54, 1.807) is 6.08 Å². The van der Waals surface area contributed by atoms with Crippen molar-refractivity contribution in [3.63, 3.8) is 0 Å². The lowest BCUT2D eigenvalue weighted by molar-refractivity contribution is -0.403. The molecule has 0 aliphatic heterocycles. The monoisotopic (exact) mass is 518 g/mol. The van der Waals surface area contributed by atoms with Gasteiger partial charge in [0.15, 0.2) is 12.3 Å². The van der Waals surface area contributed by atoms with Gasteiger partial charge in [0, 0.05) is 6.08 Å². The van der Waals surface area contributed by atoms with E-state index in [1.165, 1.54) is 6.08 Å². The zero-order chi connectivity index (χ0) is 27.0. The molecule has 1 aromatic heterocycles. The summed E-state index contributed by atoms with van der Waals surface area (Å²) in [7, 11) is -2.35. The van der Waals surface area contributed by atoms with Crippen LogP contribution in [0.4, 0.5) is 11.8 Å². The van der Waals surface area contributed by atoms with Gasteiger partial charge in [0.05, 0.1) is 6.61 Å². The van der Waals surface area contributed by atoms with Crippen LogP contribution >= 0.6 is 0 Å². The molecule has 2 aromatic rings. The van der Waals surface area contributed by atoms with Gasteiger partial charge in [-0.05, 0) is 43.1 Å². The number of carbonyl (C=O) groups excluding carboxylic acids is 1. The van der Waals surface area contributed by atoms with Gasteiger partial charge in [-0.15, -0.1) is 0 Å². The number of hydrogen-bond acceptors (Lipinski definition) is 8. The molecule has 0 N–H and O–H groups in total. The van der Waals surface area contributed by atoms with Crippen LogP contribution in [0, 0.1) is 20.2 Å². The maximum Gasteiger partial charge on any atom is 0.439 e. The van der Waals surface area contributed by atoms with E-state index in [9.17, 15) is 25.0 Å². The zero-order valence-electron chi connectivity index (χ0n) is 21.5. The van der Waals surface area contributed by atoms with Gasteiger partial charge >= 0.3 is 17.7 Å². The second kappa shape index (κ2) is 12.5. The molecule has 0 unspecified atom stereocenters. The number of aromatic nitrogens is 2. The van der Waals surface area contributed by atoms with Crippen molar-refractivity contribution in [2.24, 2.45) is 0 Å². The van der Waals surface area contributed by atoms with Crippen molar-refractivity contribution in [2.45, 2.75) is 70.8 Å². The first kappa shape index (κ1) is 28.9. The Balaban J connectivity index is 2.35. The van der Waals surface area contributed by atoms with Gasteiger partial charge in [0.25, 0.3) is 0 Å². The van der Waals surface area contributed by atoms with E-state index in [0.717, 1.165) is 16.3 Å². The van der Waals surface area contributed by atoms with Crippen LogP contribution in [0.1, 0.15) is 47.1 Å². The minimum atomic E-state index is -2.35. The summed E-state index contributed by atoms with van der Waals surface area (Å²) in [5, 5.41) is 22.6. The summed E-state index contributed by atoms with van der Waals surface area (Å²) in [6, 6.07) is 9.17. The third-order valence-electron chi connectivity index (χ3n) is 6.21. The van der Waals surface area contributed by atoms with Crippen LogP contribution in [0.25, 0.3) is 6.08 Å². The summed E-state index contributed by atoms with van der Waals surface area (Å²) in [6.07, 6.45) is 2.90. The fourth-order valence-electron chi connectivity index (χ4n) is 4.77. The van der Waals surface area contributed by atoms with Crippen LogP contribution in [0.2, 0.25) is 16.6 Å². The summed E-state index contributed by atoms with van der Waals surface area (Å²) >= 11 is 0. The average molecular weight is 519 g/mol. The highest BCUT2D eigenvalue weighted by Gasteiger charge is 2.45. The Hall–Kier alpha value is -3.38. The Labute approximate surface area is 211 Å². The number of nitro groups is 2. The van der Waals surface area contributed by atoms with Gasteiger partial charge in [-0.2, -0.15) is 0 Å². The quantitative estimate of drug-likeness (QED) is 0.111. The summed E-state index contributed by atoms with van der Waals surface area (Å²) < 4.78 is 13.2. The van der Waals surface area contributed by atoms with Crippen molar-refractivity contribution in [3.8, 4) is 0 Å². The average Bonchev–Trinajstić information content (AvgIpc) is 3.22. The van der Waals surface area contributed by atoms with Gasteiger partial charge in [-0.25, -0.2) is 9.36 Å². The maximum atomic E-state index is 12.7. The molecule has 196 valence electrons. The lowest BCUT2D eigenvalue weighted by Crippen LogP contribution is -2.49. The molecule has 0 amide bonds. The Bertz CT molecular complexity index is 1060. The van der Waals surface area contributed by atoms with Gasteiger partial charge in [0.1, 0.15) is 6.54 Å². The Morgan fingerprint density at radius 2 is 1.61 bits per heavy atom. The van der Waals surface area contributed by atoms with Crippen LogP contribution in [0.3, 0.4) is 0 Å². The topological polar surface area (TPSA) is 140 Å². The fourth-order valence-corrected chi connectivity index (χ4v) is 10.2. The Morgan fingerprint density at radius 3 is 2.11 bits per heavy atom. The Kier molecular flexibility index (Phi) is 10.0. The largest absolute Gasteiger partial charge is 0.453 e. The second-order valence-corrected chi connectivity index (χ2v) is 15.0. The second-order valence-electron chi connectivity index (χ2n) is 9.50. The minimum Gasteiger partial charge on any atom is -0.453 e. The molecule has 0 saturated heterocycles. The lowest BCUT2D eigenvalue weighted by atomic mass is 10.2. The molecule has 2 rings (SSSR count). The normalized spacial score (nSPS) is 13.0. The van der Waals surface area contributed by atoms with Crippen LogP contribution in [0.5, 0.6) is 0 Å². The molecule has 0 aliphatic carbocycles. The fraction of sp³-hybridized carbons (Fsp3) is 0.500. The minimum absolute atomic E-state index is 0.00515. The number of carbonyl (C=O) groups is 1. The third-order valence-corrected chi connectivity index (χ3v) is 12.3. The summed E-state index contributed by atoms with van der Waals surface area (Å²) in [4.78, 5) is 37.1. The number of hydrogen-bond donors (Lipinski definition) is 0. The summed E-state index contributed by atoms with van der Waals surface area (Å²) in [5.41, 5.74) is 1.58. The highest BCUT2D eigenvalue weighted by molar-refractivity contribution is 6.77. The van der Waals surface area contributed by atoms with Gasteiger partial charge < -0.3 is 29.4 Å². The van der Waals surface area contributed by atoms with Gasteiger partial charge in [-0.1, -0.05) is 71.9 Å². The van der Waals surface area contributed by atoms with E-state index in [0.29, 0.717) is 0 Å². The van der Waals surface area contributed by atoms with Crippen molar-refractivity contribution in [1.29, 1.82) is 0 Å². The van der Waals surface area contributed by atoms with Crippen molar-refractivity contribution in [2.75, 3.05) is 6.61 Å². The van der Waals surface area contributed by atoms with Gasteiger partial charge in [-0.3, -0.25) is 0 Å². The molecule has 0 aliphatic rings. The first-order chi connectivity index (χ1) is 16.9. The van der Waals surface area contributed by atoms with E-state index in [-0.39, 0.29) is 29.8 Å². The molecule has 0 spiro atoms. The molecular weight excluding hydrogens is 484 g/mol. The number of ether oxygens (including phenoxy) is 1. The standard InChI is InChI=1S/C24H34N4O7Si/c1-17(2)36(18(3)4,19(5)6)34-16-21(35-23(29)13-12-20-10-8-7-9-11-20)14-26-15-22(27(30)31)25-24(26)28(32)33/h7-13,15,17-19,21H,14,16H2,1-6H3/b13-12+/t21-/m0/s1. The SMILES string of the molecule is CC(C)[Si](OC[C@H](Cn1cc([N+](=O)[O-])nc1[N+](=O)[O-])OC(=O)/C=C/c1ccccc1)(C(C)C)C(C)C. The molecule has 1 atom stereocenters. The molecule has 0 radical (unpaired) electrons. The molecule has 1 aromatic carbocycles. The van der Waals surface area contributed by atoms with Crippen LogP contribution < -0.4 is 0 Å². The van der Waals surface area contributed by atoms with E-state index < -0.39 is 42.0 Å². The molecule has 0 saturated carbocycles. The first-order valence-corrected chi connectivity index (χ1v) is 14.0. The number of imidazole rings is 1. The molecule has 0 bridgehead atoms. The highest BCUT2D eigenvalue weighted by atomic mass is 28.4. The predicted molar refractivity (Wildman–Crippen MR) is 138 cm³/mol. The highest BCUT2D eigenvalue weighted by Crippen LogP contribution is 2.42. The lowest BCUT2D eigenvalue weighted by Gasteiger charge is -2.42. The molecule has 0 fully saturated rings. The van der Waals surface area contributed by atoms with E-state index in [4.69, 9.17) is 9.16 Å². The van der Waals surface area contributed by atoms with E-state index in [2.05, 4.69) is 46.5 Å².